The number of hydrogen-bond acceptors (Lipinski definition) is 3. The monoisotopic (exact) mass is 327 g/mol. The number of ether oxygens (including phenoxy) is 1. The lowest BCUT2D eigenvalue weighted by atomic mass is 10.3. The molecule has 1 N–H and O–H groups in total. The second-order valence-electron chi connectivity index (χ2n) is 4.97. The van der Waals surface area contributed by atoms with Crippen LogP contribution in [0.15, 0.2) is 24.3 Å². The summed E-state index contributed by atoms with van der Waals surface area (Å²) in [6.07, 6.45) is 0. The van der Waals surface area contributed by atoms with Gasteiger partial charge in [-0.25, -0.2) is 0 Å². The van der Waals surface area contributed by atoms with Crippen molar-refractivity contribution in [1.82, 2.24) is 15.1 Å². The van der Waals surface area contributed by atoms with Crippen LogP contribution in [-0.2, 0) is 0 Å². The molecule has 0 radical (unpaired) electrons. The SMILES string of the molecule is CCNC(=S)N1CCN(CCOc2ccc(Cl)cc2)CC1. The van der Waals surface area contributed by atoms with E-state index in [9.17, 15) is 0 Å². The van der Waals surface area contributed by atoms with Crippen molar-refractivity contribution in [2.45, 2.75) is 6.92 Å². The minimum absolute atomic E-state index is 0.694. The fraction of sp³-hybridized carbons (Fsp3) is 0.533. The first kappa shape index (κ1) is 16.3. The highest BCUT2D eigenvalue weighted by molar-refractivity contribution is 7.80. The van der Waals surface area contributed by atoms with Gasteiger partial charge in [-0.15, -0.1) is 0 Å². The minimum atomic E-state index is 0.694. The second-order valence-corrected chi connectivity index (χ2v) is 5.79. The summed E-state index contributed by atoms with van der Waals surface area (Å²) < 4.78 is 5.72. The molecular weight excluding hydrogens is 306 g/mol. The number of nitrogens with zero attached hydrogens (tertiary/aromatic N) is 2. The molecule has 0 saturated carbocycles. The summed E-state index contributed by atoms with van der Waals surface area (Å²) >= 11 is 11.2. The van der Waals surface area contributed by atoms with Gasteiger partial charge in [0.25, 0.3) is 0 Å². The highest BCUT2D eigenvalue weighted by Gasteiger charge is 2.18. The molecule has 1 aromatic carbocycles. The Morgan fingerprint density at radius 2 is 1.90 bits per heavy atom. The van der Waals surface area contributed by atoms with Crippen LogP contribution >= 0.6 is 23.8 Å². The second kappa shape index (κ2) is 8.41. The van der Waals surface area contributed by atoms with Gasteiger partial charge in [-0.1, -0.05) is 11.6 Å². The number of piperazine rings is 1. The molecule has 0 aliphatic carbocycles. The summed E-state index contributed by atoms with van der Waals surface area (Å²) in [6.45, 7) is 8.58. The Hall–Kier alpha value is -1.04. The lowest BCUT2D eigenvalue weighted by molar-refractivity contribution is 0.153. The van der Waals surface area contributed by atoms with Gasteiger partial charge in [0.15, 0.2) is 5.11 Å². The summed E-state index contributed by atoms with van der Waals surface area (Å²) in [5.41, 5.74) is 0. The van der Waals surface area contributed by atoms with Crippen molar-refractivity contribution in [3.63, 3.8) is 0 Å². The lowest BCUT2D eigenvalue weighted by Gasteiger charge is -2.36. The van der Waals surface area contributed by atoms with E-state index in [0.717, 1.165) is 55.2 Å². The molecule has 4 nitrogen and oxygen atoms in total. The zero-order valence-corrected chi connectivity index (χ0v) is 13.9. The maximum Gasteiger partial charge on any atom is 0.169 e. The maximum absolute atomic E-state index is 5.84. The van der Waals surface area contributed by atoms with E-state index in [2.05, 4.69) is 22.0 Å². The molecule has 0 unspecified atom stereocenters. The predicted molar refractivity (Wildman–Crippen MR) is 91.2 cm³/mol. The fourth-order valence-corrected chi connectivity index (χ4v) is 2.71. The first-order chi connectivity index (χ1) is 10.2. The quantitative estimate of drug-likeness (QED) is 0.837. The van der Waals surface area contributed by atoms with Gasteiger partial charge in [0.1, 0.15) is 12.4 Å². The molecule has 2 rings (SSSR count). The number of hydrogen-bond donors (Lipinski definition) is 1. The van der Waals surface area contributed by atoms with Crippen LogP contribution in [0.3, 0.4) is 0 Å². The van der Waals surface area contributed by atoms with E-state index in [4.69, 9.17) is 28.6 Å². The van der Waals surface area contributed by atoms with Crippen LogP contribution in [0.1, 0.15) is 6.92 Å². The maximum atomic E-state index is 5.84. The molecule has 6 heteroatoms. The first-order valence-corrected chi connectivity index (χ1v) is 8.11. The third-order valence-corrected chi connectivity index (χ3v) is 4.13. The Morgan fingerprint density at radius 3 is 2.52 bits per heavy atom. The molecule has 1 aliphatic heterocycles. The lowest BCUT2D eigenvalue weighted by Crippen LogP contribution is -2.52. The summed E-state index contributed by atoms with van der Waals surface area (Å²) in [4.78, 5) is 4.64. The van der Waals surface area contributed by atoms with E-state index in [1.807, 2.05) is 24.3 Å². The highest BCUT2D eigenvalue weighted by Crippen LogP contribution is 2.15. The molecule has 1 aliphatic rings. The number of benzene rings is 1. The van der Waals surface area contributed by atoms with Crippen molar-refractivity contribution in [3.05, 3.63) is 29.3 Å². The predicted octanol–water partition coefficient (Wildman–Crippen LogP) is 2.23. The average Bonchev–Trinajstić information content (AvgIpc) is 2.50. The molecule has 1 saturated heterocycles. The Morgan fingerprint density at radius 1 is 1.24 bits per heavy atom. The zero-order chi connectivity index (χ0) is 15.1. The molecule has 0 aromatic heterocycles. The van der Waals surface area contributed by atoms with Crippen molar-refractivity contribution >= 4 is 28.9 Å². The first-order valence-electron chi connectivity index (χ1n) is 7.32. The van der Waals surface area contributed by atoms with Gasteiger partial charge >= 0.3 is 0 Å². The highest BCUT2D eigenvalue weighted by atomic mass is 35.5. The Labute approximate surface area is 137 Å². The van der Waals surface area contributed by atoms with Crippen LogP contribution < -0.4 is 10.1 Å². The molecule has 1 heterocycles. The number of rotatable bonds is 5. The Bertz CT molecular complexity index is 447. The van der Waals surface area contributed by atoms with Crippen LogP contribution in [-0.4, -0.2) is 60.8 Å². The number of nitrogens with one attached hydrogen (secondary N) is 1. The molecule has 0 bridgehead atoms. The molecule has 0 spiro atoms. The smallest absolute Gasteiger partial charge is 0.169 e. The summed E-state index contributed by atoms with van der Waals surface area (Å²) in [6, 6.07) is 7.49. The van der Waals surface area contributed by atoms with Crippen molar-refractivity contribution < 1.29 is 4.74 Å². The minimum Gasteiger partial charge on any atom is -0.492 e. The Kier molecular flexibility index (Phi) is 6.54. The zero-order valence-electron chi connectivity index (χ0n) is 12.3. The molecule has 1 fully saturated rings. The molecular formula is C15H22ClN3OS. The molecule has 0 amide bonds. The van der Waals surface area contributed by atoms with Crippen molar-refractivity contribution in [3.8, 4) is 5.75 Å². The summed E-state index contributed by atoms with van der Waals surface area (Å²) in [7, 11) is 0. The van der Waals surface area contributed by atoms with Gasteiger partial charge in [-0.2, -0.15) is 0 Å². The van der Waals surface area contributed by atoms with Crippen molar-refractivity contribution in [2.24, 2.45) is 0 Å². The topological polar surface area (TPSA) is 27.7 Å². The van der Waals surface area contributed by atoms with Crippen molar-refractivity contribution in [1.29, 1.82) is 0 Å². The van der Waals surface area contributed by atoms with Gasteiger partial charge in [0.05, 0.1) is 0 Å². The van der Waals surface area contributed by atoms with Crippen LogP contribution in [0, 0.1) is 0 Å². The number of thiocarbonyl (C=S) groups is 1. The molecule has 0 atom stereocenters. The summed E-state index contributed by atoms with van der Waals surface area (Å²) in [5, 5.41) is 4.80. The van der Waals surface area contributed by atoms with Crippen LogP contribution in [0.4, 0.5) is 0 Å². The van der Waals surface area contributed by atoms with Gasteiger partial charge in [0, 0.05) is 44.3 Å². The van der Waals surface area contributed by atoms with Crippen LogP contribution in [0.25, 0.3) is 0 Å². The van der Waals surface area contributed by atoms with Gasteiger partial charge in [-0.05, 0) is 43.4 Å². The average molecular weight is 328 g/mol. The summed E-state index contributed by atoms with van der Waals surface area (Å²) in [5.74, 6) is 0.867. The van der Waals surface area contributed by atoms with E-state index in [-0.39, 0.29) is 0 Å². The van der Waals surface area contributed by atoms with Crippen molar-refractivity contribution in [2.75, 3.05) is 45.9 Å². The third kappa shape index (κ3) is 5.34. The standard InChI is InChI=1S/C15H22ClN3OS/c1-2-17-15(21)19-9-7-18(8-10-19)11-12-20-14-5-3-13(16)4-6-14/h3-6H,2,7-12H2,1H3,(H,17,21). The third-order valence-electron chi connectivity index (χ3n) is 3.48. The van der Waals surface area contributed by atoms with Crippen LogP contribution in [0.5, 0.6) is 5.75 Å². The van der Waals surface area contributed by atoms with E-state index < -0.39 is 0 Å². The van der Waals surface area contributed by atoms with Gasteiger partial charge in [0.2, 0.25) is 0 Å². The molecule has 21 heavy (non-hydrogen) atoms. The van der Waals surface area contributed by atoms with E-state index >= 15 is 0 Å². The largest absolute Gasteiger partial charge is 0.492 e. The van der Waals surface area contributed by atoms with Crippen LogP contribution in [0.2, 0.25) is 5.02 Å². The number of halogens is 1. The Balaban J connectivity index is 1.65. The van der Waals surface area contributed by atoms with E-state index in [1.54, 1.807) is 0 Å². The van der Waals surface area contributed by atoms with Gasteiger partial charge in [-0.3, -0.25) is 4.90 Å². The molecule has 116 valence electrons. The normalized spacial score (nSPS) is 15.8. The van der Waals surface area contributed by atoms with E-state index in [1.165, 1.54) is 0 Å². The van der Waals surface area contributed by atoms with E-state index in [0.29, 0.717) is 6.61 Å². The molecule has 1 aromatic rings. The fourth-order valence-electron chi connectivity index (χ4n) is 2.26. The van der Waals surface area contributed by atoms with Gasteiger partial charge < -0.3 is 15.0 Å².